The molecule has 0 spiro atoms. The van der Waals surface area contributed by atoms with Crippen molar-refractivity contribution in [1.82, 2.24) is 4.90 Å². The monoisotopic (exact) mass is 340 g/mol. The second-order valence-electron chi connectivity index (χ2n) is 6.91. The first kappa shape index (κ1) is 18.2. The van der Waals surface area contributed by atoms with Crippen LogP contribution in [0.4, 0.5) is 4.39 Å². The van der Waals surface area contributed by atoms with Crippen LogP contribution in [0, 0.1) is 17.7 Å². The van der Waals surface area contributed by atoms with E-state index in [-0.39, 0.29) is 36.2 Å². The Bertz CT molecular complexity index is 554. The highest BCUT2D eigenvalue weighted by molar-refractivity contribution is 5.85. The van der Waals surface area contributed by atoms with Gasteiger partial charge in [-0.05, 0) is 48.8 Å². The van der Waals surface area contributed by atoms with Crippen LogP contribution >= 0.6 is 12.4 Å². The van der Waals surface area contributed by atoms with E-state index in [2.05, 4.69) is 6.92 Å². The molecule has 1 aromatic carbocycles. The third kappa shape index (κ3) is 3.86. The molecular weight excluding hydrogens is 315 g/mol. The molecule has 1 saturated heterocycles. The lowest BCUT2D eigenvalue weighted by molar-refractivity contribution is -0.133. The fourth-order valence-corrected chi connectivity index (χ4v) is 4.09. The van der Waals surface area contributed by atoms with Crippen LogP contribution in [0.5, 0.6) is 0 Å². The number of benzene rings is 1. The Labute approximate surface area is 143 Å². The first-order valence-corrected chi connectivity index (χ1v) is 8.37. The van der Waals surface area contributed by atoms with Crippen molar-refractivity contribution in [2.75, 3.05) is 6.54 Å². The van der Waals surface area contributed by atoms with Crippen LogP contribution in [0.25, 0.3) is 0 Å². The fourth-order valence-electron chi connectivity index (χ4n) is 4.09. The molecule has 0 radical (unpaired) electrons. The van der Waals surface area contributed by atoms with Gasteiger partial charge in [-0.25, -0.2) is 4.39 Å². The van der Waals surface area contributed by atoms with Crippen molar-refractivity contribution >= 4 is 18.3 Å². The second-order valence-corrected chi connectivity index (χ2v) is 6.91. The van der Waals surface area contributed by atoms with Crippen molar-refractivity contribution in [3.8, 4) is 0 Å². The van der Waals surface area contributed by atoms with Gasteiger partial charge in [-0.2, -0.15) is 0 Å². The number of hydrogen-bond acceptors (Lipinski definition) is 2. The van der Waals surface area contributed by atoms with E-state index in [9.17, 15) is 9.18 Å². The molecule has 1 amide bonds. The Hall–Kier alpha value is -1.13. The quantitative estimate of drug-likeness (QED) is 0.912. The van der Waals surface area contributed by atoms with Gasteiger partial charge in [-0.15, -0.1) is 12.4 Å². The van der Waals surface area contributed by atoms with E-state index in [0.717, 1.165) is 37.8 Å². The highest BCUT2D eigenvalue weighted by atomic mass is 35.5. The first-order chi connectivity index (χ1) is 10.6. The molecule has 0 aromatic heterocycles. The zero-order chi connectivity index (χ0) is 15.7. The molecule has 2 aliphatic rings. The smallest absolute Gasteiger partial charge is 0.223 e. The predicted octanol–water partition coefficient (Wildman–Crippen LogP) is 3.67. The van der Waals surface area contributed by atoms with Crippen molar-refractivity contribution in [2.45, 2.75) is 51.1 Å². The third-order valence-electron chi connectivity index (χ3n) is 5.37. The van der Waals surface area contributed by atoms with Crippen LogP contribution < -0.4 is 5.73 Å². The Morgan fingerprint density at radius 1 is 1.35 bits per heavy atom. The highest BCUT2D eigenvalue weighted by Gasteiger charge is 2.37. The molecule has 2 unspecified atom stereocenters. The summed E-state index contributed by atoms with van der Waals surface area (Å²) in [6.07, 6.45) is 4.73. The summed E-state index contributed by atoms with van der Waals surface area (Å²) in [6.45, 7) is 2.91. The molecule has 5 heteroatoms. The van der Waals surface area contributed by atoms with Crippen molar-refractivity contribution in [2.24, 2.45) is 17.6 Å². The summed E-state index contributed by atoms with van der Waals surface area (Å²) >= 11 is 0. The normalized spacial score (nSPS) is 30.3. The van der Waals surface area contributed by atoms with Crippen molar-refractivity contribution in [3.05, 3.63) is 35.6 Å². The molecule has 1 aliphatic heterocycles. The Morgan fingerprint density at radius 3 is 2.78 bits per heavy atom. The predicted molar refractivity (Wildman–Crippen MR) is 91.8 cm³/mol. The largest absolute Gasteiger partial charge is 0.335 e. The van der Waals surface area contributed by atoms with Gasteiger partial charge in [-0.3, -0.25) is 4.79 Å². The average Bonchev–Trinajstić information content (AvgIpc) is 3.05. The molecular formula is C18H26ClFN2O. The lowest BCUT2D eigenvalue weighted by Gasteiger charge is -2.29. The van der Waals surface area contributed by atoms with E-state index in [0.29, 0.717) is 18.3 Å². The van der Waals surface area contributed by atoms with Crippen LogP contribution in [0.3, 0.4) is 0 Å². The molecule has 23 heavy (non-hydrogen) atoms. The number of hydrogen-bond donors (Lipinski definition) is 1. The average molecular weight is 341 g/mol. The molecule has 2 N–H and O–H groups in total. The van der Waals surface area contributed by atoms with Crippen LogP contribution in [-0.2, 0) is 4.79 Å². The number of amides is 1. The lowest BCUT2D eigenvalue weighted by Crippen LogP contribution is -2.35. The maximum Gasteiger partial charge on any atom is 0.223 e. The van der Waals surface area contributed by atoms with Gasteiger partial charge < -0.3 is 10.6 Å². The van der Waals surface area contributed by atoms with E-state index in [4.69, 9.17) is 5.73 Å². The minimum Gasteiger partial charge on any atom is -0.335 e. The van der Waals surface area contributed by atoms with E-state index >= 15 is 0 Å². The van der Waals surface area contributed by atoms with Gasteiger partial charge >= 0.3 is 0 Å². The van der Waals surface area contributed by atoms with Crippen molar-refractivity contribution < 1.29 is 9.18 Å². The molecule has 1 heterocycles. The lowest BCUT2D eigenvalue weighted by atomic mass is 9.94. The van der Waals surface area contributed by atoms with Gasteiger partial charge in [0, 0.05) is 19.0 Å². The topological polar surface area (TPSA) is 46.3 Å². The molecule has 4 atom stereocenters. The molecule has 1 saturated carbocycles. The standard InChI is InChI=1S/C18H25FN2O.ClH/c1-12-8-9-21(17(22)11-13-4-3-7-16(13)20)18(12)14-5-2-6-15(19)10-14;/h2,5-6,10,12-13,16,18H,3-4,7-9,11,20H2,1H3;1H/t12?,13-,16+,18?;/m0./s1. The number of rotatable bonds is 3. The Kier molecular flexibility index (Phi) is 6.04. The number of halogens is 2. The van der Waals surface area contributed by atoms with Crippen molar-refractivity contribution in [1.29, 1.82) is 0 Å². The van der Waals surface area contributed by atoms with E-state index in [1.165, 1.54) is 6.07 Å². The zero-order valence-electron chi connectivity index (χ0n) is 13.6. The van der Waals surface area contributed by atoms with E-state index < -0.39 is 0 Å². The summed E-state index contributed by atoms with van der Waals surface area (Å²) in [6, 6.07) is 6.83. The Morgan fingerprint density at radius 2 is 2.13 bits per heavy atom. The molecule has 128 valence electrons. The first-order valence-electron chi connectivity index (χ1n) is 8.37. The van der Waals surface area contributed by atoms with Crippen LogP contribution in [0.1, 0.15) is 50.6 Å². The van der Waals surface area contributed by atoms with Crippen molar-refractivity contribution in [3.63, 3.8) is 0 Å². The molecule has 2 fully saturated rings. The zero-order valence-corrected chi connectivity index (χ0v) is 14.4. The van der Waals surface area contributed by atoms with Gasteiger partial charge in [-0.1, -0.05) is 25.5 Å². The van der Waals surface area contributed by atoms with E-state index in [1.54, 1.807) is 12.1 Å². The van der Waals surface area contributed by atoms with Gasteiger partial charge in [0.05, 0.1) is 6.04 Å². The summed E-state index contributed by atoms with van der Waals surface area (Å²) in [5.74, 6) is 0.627. The fraction of sp³-hybridized carbons (Fsp3) is 0.611. The number of carbonyl (C=O) groups excluding carboxylic acids is 1. The van der Waals surface area contributed by atoms with Crippen LogP contribution in [-0.4, -0.2) is 23.4 Å². The number of likely N-dealkylation sites (tertiary alicyclic amines) is 1. The molecule has 1 aliphatic carbocycles. The van der Waals surface area contributed by atoms with Crippen LogP contribution in [0.15, 0.2) is 24.3 Å². The van der Waals surface area contributed by atoms with Gasteiger partial charge in [0.1, 0.15) is 5.82 Å². The maximum absolute atomic E-state index is 13.5. The maximum atomic E-state index is 13.5. The molecule has 1 aromatic rings. The van der Waals surface area contributed by atoms with Gasteiger partial charge in [0.15, 0.2) is 0 Å². The summed E-state index contributed by atoms with van der Waals surface area (Å²) in [7, 11) is 0. The van der Waals surface area contributed by atoms with Gasteiger partial charge in [0.25, 0.3) is 0 Å². The summed E-state index contributed by atoms with van der Waals surface area (Å²) < 4.78 is 13.5. The number of carbonyl (C=O) groups is 1. The summed E-state index contributed by atoms with van der Waals surface area (Å²) in [5, 5.41) is 0. The van der Waals surface area contributed by atoms with Crippen LogP contribution in [0.2, 0.25) is 0 Å². The second kappa shape index (κ2) is 7.63. The number of nitrogens with zero attached hydrogens (tertiary/aromatic N) is 1. The Balaban J connectivity index is 0.00000192. The molecule has 3 rings (SSSR count). The third-order valence-corrected chi connectivity index (χ3v) is 5.37. The minimum absolute atomic E-state index is 0. The minimum atomic E-state index is -0.234. The van der Waals surface area contributed by atoms with Gasteiger partial charge in [0.2, 0.25) is 5.91 Å². The molecule has 3 nitrogen and oxygen atoms in total. The van der Waals surface area contributed by atoms with E-state index in [1.807, 2.05) is 11.0 Å². The number of nitrogens with two attached hydrogens (primary N) is 1. The highest BCUT2D eigenvalue weighted by Crippen LogP contribution is 2.38. The molecule has 0 bridgehead atoms. The SMILES string of the molecule is CC1CCN(C(=O)C[C@@H]2CCC[C@H]2N)C1c1cccc(F)c1.Cl. The summed E-state index contributed by atoms with van der Waals surface area (Å²) in [4.78, 5) is 14.7. The summed E-state index contributed by atoms with van der Waals surface area (Å²) in [5.41, 5.74) is 7.01.